The predicted molar refractivity (Wildman–Crippen MR) is 150 cm³/mol. The van der Waals surface area contributed by atoms with E-state index in [0.717, 1.165) is 47.4 Å². The molecule has 1 aromatic heterocycles. The molecule has 0 spiro atoms. The van der Waals surface area contributed by atoms with Gasteiger partial charge in [0.25, 0.3) is 0 Å². The third-order valence-corrected chi connectivity index (χ3v) is 7.95. The number of aliphatic hydroxyl groups excluding tert-OH is 1. The third kappa shape index (κ3) is 7.86. The molecule has 3 atom stereocenters. The number of benzene rings is 1. The Morgan fingerprint density at radius 2 is 1.87 bits per heavy atom. The molecule has 3 rings (SSSR count). The van der Waals surface area contributed by atoms with Gasteiger partial charge in [0.15, 0.2) is 0 Å². The van der Waals surface area contributed by atoms with Crippen LogP contribution >= 0.6 is 11.3 Å². The van der Waals surface area contributed by atoms with Crippen LogP contribution in [0, 0.1) is 12.3 Å². The highest BCUT2D eigenvalue weighted by Gasteiger charge is 2.44. The van der Waals surface area contributed by atoms with Gasteiger partial charge in [-0.2, -0.15) is 0 Å². The van der Waals surface area contributed by atoms with E-state index >= 15 is 0 Å². The Labute approximate surface area is 230 Å². The predicted octanol–water partition coefficient (Wildman–Crippen LogP) is 4.20. The molecule has 0 saturated carbocycles. The van der Waals surface area contributed by atoms with Crippen LogP contribution < -0.4 is 10.6 Å². The summed E-state index contributed by atoms with van der Waals surface area (Å²) in [5.41, 5.74) is 4.27. The Balaban J connectivity index is 1.63. The normalized spacial score (nSPS) is 18.3. The van der Waals surface area contributed by atoms with E-state index < -0.39 is 23.6 Å². The van der Waals surface area contributed by atoms with Gasteiger partial charge in [0.1, 0.15) is 12.1 Å². The fraction of sp³-hybridized carbons (Fsp3) is 0.586. The minimum Gasteiger partial charge on any atom is -0.391 e. The van der Waals surface area contributed by atoms with Crippen molar-refractivity contribution in [2.45, 2.75) is 97.9 Å². The molecule has 3 amide bonds. The minimum absolute atomic E-state index is 0.0682. The molecule has 8 nitrogen and oxygen atoms in total. The van der Waals surface area contributed by atoms with Gasteiger partial charge in [-0.3, -0.25) is 14.4 Å². The summed E-state index contributed by atoms with van der Waals surface area (Å²) >= 11 is 1.59. The quantitative estimate of drug-likeness (QED) is 0.369. The zero-order valence-electron chi connectivity index (χ0n) is 23.3. The Morgan fingerprint density at radius 3 is 2.47 bits per heavy atom. The Morgan fingerprint density at radius 1 is 1.16 bits per heavy atom. The lowest BCUT2D eigenvalue weighted by molar-refractivity contribution is -0.144. The molecule has 9 heteroatoms. The number of hydrogen-bond donors (Lipinski definition) is 3. The fourth-order valence-corrected chi connectivity index (χ4v) is 5.54. The summed E-state index contributed by atoms with van der Waals surface area (Å²) in [7, 11) is 0. The summed E-state index contributed by atoms with van der Waals surface area (Å²) in [5.74, 6) is -0.802. The molecule has 0 radical (unpaired) electrons. The van der Waals surface area contributed by atoms with Crippen molar-refractivity contribution in [2.75, 3.05) is 6.54 Å². The lowest BCUT2D eigenvalue weighted by Gasteiger charge is -2.35. The first-order valence-corrected chi connectivity index (χ1v) is 14.4. The number of aromatic nitrogens is 1. The number of rotatable bonds is 11. The van der Waals surface area contributed by atoms with Gasteiger partial charge in [0.05, 0.1) is 22.2 Å². The highest BCUT2D eigenvalue weighted by molar-refractivity contribution is 7.13. The van der Waals surface area contributed by atoms with Crippen molar-refractivity contribution in [3.63, 3.8) is 0 Å². The van der Waals surface area contributed by atoms with E-state index in [4.69, 9.17) is 0 Å². The van der Waals surface area contributed by atoms with Gasteiger partial charge in [-0.1, -0.05) is 71.2 Å². The maximum Gasteiger partial charge on any atom is 0.246 e. The van der Waals surface area contributed by atoms with Crippen LogP contribution in [0.15, 0.2) is 29.8 Å². The lowest BCUT2D eigenvalue weighted by Crippen LogP contribution is -2.57. The van der Waals surface area contributed by atoms with E-state index in [0.29, 0.717) is 13.0 Å². The number of nitrogens with zero attached hydrogens (tertiary/aromatic N) is 2. The molecule has 2 aromatic rings. The van der Waals surface area contributed by atoms with Crippen molar-refractivity contribution in [3.8, 4) is 10.4 Å². The number of aliphatic hydroxyl groups is 1. The van der Waals surface area contributed by atoms with Crippen LogP contribution in [0.5, 0.6) is 0 Å². The summed E-state index contributed by atoms with van der Waals surface area (Å²) in [4.78, 5) is 46.3. The Bertz CT molecular complexity index is 1090. The number of thiazole rings is 1. The number of amides is 3. The minimum atomic E-state index is -0.790. The summed E-state index contributed by atoms with van der Waals surface area (Å²) < 4.78 is 0. The molecule has 1 aliphatic heterocycles. The number of carbonyl (C=O) groups excluding carboxylic acids is 3. The van der Waals surface area contributed by atoms with Crippen molar-refractivity contribution < 1.29 is 19.5 Å². The van der Waals surface area contributed by atoms with Crippen LogP contribution in [0.25, 0.3) is 10.4 Å². The van der Waals surface area contributed by atoms with E-state index in [1.54, 1.807) is 11.3 Å². The first-order valence-electron chi connectivity index (χ1n) is 13.6. The molecular weight excluding hydrogens is 500 g/mol. The molecule has 38 heavy (non-hydrogen) atoms. The van der Waals surface area contributed by atoms with Crippen molar-refractivity contribution in [1.82, 2.24) is 20.5 Å². The van der Waals surface area contributed by atoms with Crippen molar-refractivity contribution in [1.29, 1.82) is 0 Å². The molecule has 1 aromatic carbocycles. The number of aryl methyl sites for hydroxylation is 1. The second-order valence-electron chi connectivity index (χ2n) is 11.3. The molecule has 1 saturated heterocycles. The standard InChI is InChI=1S/C29H42N4O4S/c1-6-7-8-9-10-24(35)32-26(29(3,4)5)28(37)33-17-22(34)15-23(33)27(36)30-16-20-11-13-21(14-12-20)25-19(2)31-18-38-25/h11-14,18,22-23,26,34H,6-10,15-17H2,1-5H3,(H,30,36)(H,32,35)/t22-,23-,26+/m0/s1. The van der Waals surface area contributed by atoms with Crippen LogP contribution in [0.1, 0.15) is 77.5 Å². The third-order valence-electron chi connectivity index (χ3n) is 6.97. The molecule has 2 heterocycles. The lowest BCUT2D eigenvalue weighted by atomic mass is 9.85. The van der Waals surface area contributed by atoms with Crippen LogP contribution in [0.4, 0.5) is 0 Å². The molecule has 0 bridgehead atoms. The Hall–Kier alpha value is -2.78. The van der Waals surface area contributed by atoms with E-state index in [1.807, 2.05) is 57.5 Å². The number of unbranched alkanes of at least 4 members (excludes halogenated alkanes) is 3. The number of likely N-dealkylation sites (tertiary alicyclic amines) is 1. The van der Waals surface area contributed by atoms with Gasteiger partial charge in [-0.15, -0.1) is 11.3 Å². The van der Waals surface area contributed by atoms with Gasteiger partial charge in [0.2, 0.25) is 17.7 Å². The largest absolute Gasteiger partial charge is 0.391 e. The number of hydrogen-bond acceptors (Lipinski definition) is 6. The van der Waals surface area contributed by atoms with Gasteiger partial charge in [-0.05, 0) is 29.9 Å². The summed E-state index contributed by atoms with van der Waals surface area (Å²) in [6, 6.07) is 6.37. The van der Waals surface area contributed by atoms with E-state index in [9.17, 15) is 19.5 Å². The Kier molecular flexibility index (Phi) is 10.4. The first-order chi connectivity index (χ1) is 18.0. The van der Waals surface area contributed by atoms with Crippen LogP contribution in [-0.2, 0) is 20.9 Å². The smallest absolute Gasteiger partial charge is 0.246 e. The molecule has 3 N–H and O–H groups in total. The van der Waals surface area contributed by atoms with E-state index in [-0.39, 0.29) is 30.7 Å². The zero-order valence-corrected chi connectivity index (χ0v) is 24.1. The second-order valence-corrected chi connectivity index (χ2v) is 12.1. The van der Waals surface area contributed by atoms with Gasteiger partial charge in [0, 0.05) is 25.9 Å². The van der Waals surface area contributed by atoms with E-state index in [1.165, 1.54) is 4.90 Å². The average molecular weight is 543 g/mol. The monoisotopic (exact) mass is 542 g/mol. The topological polar surface area (TPSA) is 112 Å². The van der Waals surface area contributed by atoms with Crippen LogP contribution in [-0.4, -0.2) is 57.4 Å². The molecule has 1 fully saturated rings. The molecule has 1 aliphatic rings. The van der Waals surface area contributed by atoms with Gasteiger partial charge >= 0.3 is 0 Å². The zero-order chi connectivity index (χ0) is 27.9. The highest BCUT2D eigenvalue weighted by Crippen LogP contribution is 2.28. The number of nitrogens with one attached hydrogen (secondary N) is 2. The molecule has 0 unspecified atom stereocenters. The van der Waals surface area contributed by atoms with E-state index in [2.05, 4.69) is 22.5 Å². The molecular formula is C29H42N4O4S. The number of β-amino-alcohol motifs (C(OH)–C–C–N with tert-alkyl or cyclic N) is 1. The first kappa shape index (κ1) is 29.8. The number of carbonyl (C=O) groups is 3. The van der Waals surface area contributed by atoms with Gasteiger partial charge < -0.3 is 20.6 Å². The maximum absolute atomic E-state index is 13.6. The van der Waals surface area contributed by atoms with Crippen LogP contribution in [0.2, 0.25) is 0 Å². The average Bonchev–Trinajstić information content (AvgIpc) is 3.48. The van der Waals surface area contributed by atoms with Crippen molar-refractivity contribution >= 4 is 29.1 Å². The van der Waals surface area contributed by atoms with Crippen molar-refractivity contribution in [3.05, 3.63) is 41.0 Å². The SMILES string of the molecule is CCCCCCC(=O)N[C@H](C(=O)N1C[C@@H](O)C[C@H]1C(=O)NCc1ccc(-c2scnc2C)cc1)C(C)(C)C. The van der Waals surface area contributed by atoms with Crippen LogP contribution in [0.3, 0.4) is 0 Å². The molecule has 208 valence electrons. The highest BCUT2D eigenvalue weighted by atomic mass is 32.1. The van der Waals surface area contributed by atoms with Crippen molar-refractivity contribution in [2.24, 2.45) is 5.41 Å². The summed E-state index contributed by atoms with van der Waals surface area (Å²) in [6.07, 6.45) is 3.67. The fourth-order valence-electron chi connectivity index (χ4n) is 4.73. The summed E-state index contributed by atoms with van der Waals surface area (Å²) in [6.45, 7) is 10.2. The maximum atomic E-state index is 13.6. The summed E-state index contributed by atoms with van der Waals surface area (Å²) in [5, 5.41) is 16.2. The molecule has 0 aliphatic carbocycles. The van der Waals surface area contributed by atoms with Gasteiger partial charge in [-0.25, -0.2) is 4.98 Å². The second kappa shape index (κ2) is 13.3.